The molecule has 1 rings (SSSR count). The van der Waals surface area contributed by atoms with Crippen molar-refractivity contribution in [1.29, 1.82) is 0 Å². The molecular formula is C8H10O5. The first-order valence-corrected chi connectivity index (χ1v) is 3.72. The smallest absolute Gasteiger partial charge is 0.339 e. The fourth-order valence-corrected chi connectivity index (χ4v) is 0.908. The molecule has 0 aliphatic carbocycles. The van der Waals surface area contributed by atoms with E-state index in [1.807, 2.05) is 0 Å². The van der Waals surface area contributed by atoms with Gasteiger partial charge < -0.3 is 14.2 Å². The van der Waals surface area contributed by atoms with Crippen molar-refractivity contribution >= 4 is 11.9 Å². The highest BCUT2D eigenvalue weighted by Crippen LogP contribution is 2.13. The summed E-state index contributed by atoms with van der Waals surface area (Å²) in [5, 5.41) is 0. The lowest BCUT2D eigenvalue weighted by Crippen LogP contribution is -2.25. The molecule has 0 saturated carbocycles. The third kappa shape index (κ3) is 2.55. The largest absolute Gasteiger partial charge is 0.467 e. The average molecular weight is 186 g/mol. The lowest BCUT2D eigenvalue weighted by molar-refractivity contribution is -0.177. The molecule has 0 amide bonds. The van der Waals surface area contributed by atoms with Gasteiger partial charge in [-0.1, -0.05) is 0 Å². The highest BCUT2D eigenvalue weighted by molar-refractivity contribution is 5.77. The van der Waals surface area contributed by atoms with Crippen molar-refractivity contribution in [3.05, 3.63) is 12.2 Å². The summed E-state index contributed by atoms with van der Waals surface area (Å²) in [6.07, 6.45) is 1.43. The molecule has 2 atom stereocenters. The summed E-state index contributed by atoms with van der Waals surface area (Å²) in [5.41, 5.74) is 0. The van der Waals surface area contributed by atoms with Crippen molar-refractivity contribution in [2.24, 2.45) is 0 Å². The molecule has 1 aliphatic rings. The maximum Gasteiger partial charge on any atom is 0.339 e. The first-order chi connectivity index (χ1) is 6.13. The van der Waals surface area contributed by atoms with E-state index >= 15 is 0 Å². The number of methoxy groups -OCH3 is 1. The Balaban J connectivity index is 2.42. The molecule has 1 heterocycles. The SMILES string of the molecule is COC(=O)C1C=CC(OC(C)=O)O1. The fourth-order valence-electron chi connectivity index (χ4n) is 0.908. The van der Waals surface area contributed by atoms with Crippen molar-refractivity contribution in [2.45, 2.75) is 19.3 Å². The van der Waals surface area contributed by atoms with Gasteiger partial charge in [0.1, 0.15) is 0 Å². The van der Waals surface area contributed by atoms with Crippen LogP contribution in [0.3, 0.4) is 0 Å². The molecule has 13 heavy (non-hydrogen) atoms. The second-order valence-corrected chi connectivity index (χ2v) is 2.44. The summed E-state index contributed by atoms with van der Waals surface area (Å²) in [6, 6.07) is 0. The summed E-state index contributed by atoms with van der Waals surface area (Å²) in [4.78, 5) is 21.4. The Labute approximate surface area is 75.3 Å². The van der Waals surface area contributed by atoms with Crippen LogP contribution >= 0.6 is 0 Å². The van der Waals surface area contributed by atoms with E-state index in [4.69, 9.17) is 4.74 Å². The molecule has 72 valence electrons. The fraction of sp³-hybridized carbons (Fsp3) is 0.500. The summed E-state index contributed by atoms with van der Waals surface area (Å²) in [6.45, 7) is 1.27. The molecule has 2 unspecified atom stereocenters. The van der Waals surface area contributed by atoms with Crippen LogP contribution in [0.4, 0.5) is 0 Å². The van der Waals surface area contributed by atoms with E-state index < -0.39 is 24.3 Å². The number of hydrogen-bond acceptors (Lipinski definition) is 5. The van der Waals surface area contributed by atoms with E-state index in [0.29, 0.717) is 0 Å². The van der Waals surface area contributed by atoms with E-state index in [1.165, 1.54) is 26.2 Å². The number of ether oxygens (including phenoxy) is 3. The van der Waals surface area contributed by atoms with Crippen molar-refractivity contribution in [3.63, 3.8) is 0 Å². The molecule has 0 aromatic rings. The van der Waals surface area contributed by atoms with Crippen LogP contribution in [-0.2, 0) is 23.8 Å². The van der Waals surface area contributed by atoms with Crippen LogP contribution in [0, 0.1) is 0 Å². The van der Waals surface area contributed by atoms with E-state index in [1.54, 1.807) is 0 Å². The maximum absolute atomic E-state index is 10.9. The summed E-state index contributed by atoms with van der Waals surface area (Å²) in [7, 11) is 1.26. The maximum atomic E-state index is 10.9. The van der Waals surface area contributed by atoms with Gasteiger partial charge in [-0.15, -0.1) is 0 Å². The van der Waals surface area contributed by atoms with Crippen LogP contribution in [0.1, 0.15) is 6.92 Å². The Morgan fingerprint density at radius 2 is 2.08 bits per heavy atom. The first kappa shape index (κ1) is 9.73. The Kier molecular flexibility index (Phi) is 3.02. The number of carbonyl (C=O) groups is 2. The molecule has 0 aromatic carbocycles. The summed E-state index contributed by atoms with van der Waals surface area (Å²) in [5.74, 6) is -0.967. The van der Waals surface area contributed by atoms with Crippen molar-refractivity contribution in [3.8, 4) is 0 Å². The van der Waals surface area contributed by atoms with Gasteiger partial charge in [0.15, 0.2) is 6.10 Å². The van der Waals surface area contributed by atoms with Crippen LogP contribution in [-0.4, -0.2) is 31.4 Å². The van der Waals surface area contributed by atoms with E-state index in [9.17, 15) is 9.59 Å². The van der Waals surface area contributed by atoms with E-state index in [2.05, 4.69) is 9.47 Å². The van der Waals surface area contributed by atoms with Gasteiger partial charge in [0, 0.05) is 6.92 Å². The molecule has 0 bridgehead atoms. The van der Waals surface area contributed by atoms with E-state index in [0.717, 1.165) is 0 Å². The zero-order chi connectivity index (χ0) is 9.84. The third-order valence-corrected chi connectivity index (χ3v) is 1.44. The summed E-state index contributed by atoms with van der Waals surface area (Å²) >= 11 is 0. The molecule has 0 aromatic heterocycles. The standard InChI is InChI=1S/C8H10O5/c1-5(9)12-7-4-3-6(13-7)8(10)11-2/h3-4,6-7H,1-2H3. The molecule has 0 N–H and O–H groups in total. The Hall–Kier alpha value is -1.36. The molecular weight excluding hydrogens is 176 g/mol. The molecule has 0 saturated heterocycles. The van der Waals surface area contributed by atoms with Crippen molar-refractivity contribution in [2.75, 3.05) is 7.11 Å². The van der Waals surface area contributed by atoms with Gasteiger partial charge >= 0.3 is 11.9 Å². The predicted molar refractivity (Wildman–Crippen MR) is 41.6 cm³/mol. The van der Waals surface area contributed by atoms with Gasteiger partial charge in [-0.25, -0.2) is 4.79 Å². The van der Waals surface area contributed by atoms with Crippen LogP contribution in [0.15, 0.2) is 12.2 Å². The highest BCUT2D eigenvalue weighted by Gasteiger charge is 2.27. The van der Waals surface area contributed by atoms with Crippen LogP contribution < -0.4 is 0 Å². The molecule has 0 radical (unpaired) electrons. The van der Waals surface area contributed by atoms with Gasteiger partial charge in [0.25, 0.3) is 0 Å². The van der Waals surface area contributed by atoms with Gasteiger partial charge in [-0.2, -0.15) is 0 Å². The number of hydrogen-bond donors (Lipinski definition) is 0. The topological polar surface area (TPSA) is 61.8 Å². The minimum atomic E-state index is -0.776. The van der Waals surface area contributed by atoms with Crippen LogP contribution in [0.2, 0.25) is 0 Å². The van der Waals surface area contributed by atoms with Crippen LogP contribution in [0.5, 0.6) is 0 Å². The normalized spacial score (nSPS) is 25.7. The van der Waals surface area contributed by atoms with Gasteiger partial charge in [-0.3, -0.25) is 4.79 Å². The first-order valence-electron chi connectivity index (χ1n) is 3.72. The Morgan fingerprint density at radius 1 is 1.38 bits per heavy atom. The van der Waals surface area contributed by atoms with E-state index in [-0.39, 0.29) is 0 Å². The predicted octanol–water partition coefficient (Wildman–Crippen LogP) is 0.00360. The Morgan fingerprint density at radius 3 is 2.62 bits per heavy atom. The zero-order valence-electron chi connectivity index (χ0n) is 7.35. The second kappa shape index (κ2) is 4.04. The van der Waals surface area contributed by atoms with Crippen LogP contribution in [0.25, 0.3) is 0 Å². The quantitative estimate of drug-likeness (QED) is 0.449. The lowest BCUT2D eigenvalue weighted by Gasteiger charge is -2.11. The van der Waals surface area contributed by atoms with Gasteiger partial charge in [0.05, 0.1) is 7.11 Å². The zero-order valence-corrected chi connectivity index (χ0v) is 7.35. The minimum Gasteiger partial charge on any atom is -0.467 e. The van der Waals surface area contributed by atoms with Crippen molar-refractivity contribution < 1.29 is 23.8 Å². The number of carbonyl (C=O) groups excluding carboxylic acids is 2. The third-order valence-electron chi connectivity index (χ3n) is 1.44. The Bertz CT molecular complexity index is 245. The molecule has 1 aliphatic heterocycles. The summed E-state index contributed by atoms with van der Waals surface area (Å²) < 4.78 is 14.1. The molecule has 5 nitrogen and oxygen atoms in total. The lowest BCUT2D eigenvalue weighted by atomic mass is 10.3. The van der Waals surface area contributed by atoms with Gasteiger partial charge in [-0.05, 0) is 12.2 Å². The van der Waals surface area contributed by atoms with Crippen molar-refractivity contribution in [1.82, 2.24) is 0 Å². The molecule has 0 spiro atoms. The van der Waals surface area contributed by atoms with Gasteiger partial charge in [0.2, 0.25) is 6.29 Å². The highest BCUT2D eigenvalue weighted by atomic mass is 16.7. The monoisotopic (exact) mass is 186 g/mol. The minimum absolute atomic E-state index is 0.458. The average Bonchev–Trinajstić information content (AvgIpc) is 2.50. The molecule has 5 heteroatoms. The second-order valence-electron chi connectivity index (χ2n) is 2.44. The number of esters is 2. The number of rotatable bonds is 2. The molecule has 0 fully saturated rings.